The molecule has 0 aromatic heterocycles. The molecule has 0 bridgehead atoms. The zero-order chi connectivity index (χ0) is 20.7. The summed E-state index contributed by atoms with van der Waals surface area (Å²) < 4.78 is 0.938. The molecule has 150 valence electrons. The predicted molar refractivity (Wildman–Crippen MR) is 117 cm³/mol. The van der Waals surface area contributed by atoms with Crippen LogP contribution in [0, 0.1) is 0 Å². The fourth-order valence-electron chi connectivity index (χ4n) is 2.91. The number of amides is 2. The molecule has 2 rings (SSSR count). The van der Waals surface area contributed by atoms with E-state index in [-0.39, 0.29) is 24.3 Å². The Labute approximate surface area is 180 Å². The quantitative estimate of drug-likeness (QED) is 0.598. The van der Waals surface area contributed by atoms with E-state index < -0.39 is 6.04 Å². The highest BCUT2D eigenvalue weighted by molar-refractivity contribution is 9.10. The Morgan fingerprint density at radius 2 is 1.82 bits per heavy atom. The summed E-state index contributed by atoms with van der Waals surface area (Å²) in [4.78, 5) is 27.2. The van der Waals surface area contributed by atoms with Crippen molar-refractivity contribution in [1.82, 2.24) is 10.2 Å². The summed E-state index contributed by atoms with van der Waals surface area (Å²) in [5.74, 6) is -0.234. The van der Waals surface area contributed by atoms with Gasteiger partial charge in [-0.3, -0.25) is 9.59 Å². The van der Waals surface area contributed by atoms with Crippen molar-refractivity contribution in [2.45, 2.75) is 52.2 Å². The molecule has 0 radical (unpaired) electrons. The van der Waals surface area contributed by atoms with E-state index in [2.05, 4.69) is 21.2 Å². The Kier molecular flexibility index (Phi) is 8.52. The van der Waals surface area contributed by atoms with Crippen molar-refractivity contribution in [2.75, 3.05) is 0 Å². The second-order valence-electron chi connectivity index (χ2n) is 7.08. The van der Waals surface area contributed by atoms with Gasteiger partial charge in [-0.1, -0.05) is 57.9 Å². The third-order valence-electron chi connectivity index (χ3n) is 4.41. The molecule has 0 aliphatic carbocycles. The molecule has 1 N–H and O–H groups in total. The fourth-order valence-corrected chi connectivity index (χ4v) is 3.58. The van der Waals surface area contributed by atoms with E-state index >= 15 is 0 Å². The number of rotatable bonds is 8. The molecule has 2 aromatic carbocycles. The average Bonchev–Trinajstić information content (AvgIpc) is 2.64. The number of carbonyl (C=O) groups is 2. The lowest BCUT2D eigenvalue weighted by molar-refractivity contribution is -0.140. The largest absolute Gasteiger partial charge is 0.352 e. The molecule has 0 aliphatic rings. The summed E-state index contributed by atoms with van der Waals surface area (Å²) in [6.07, 6.45) is 0.822. The van der Waals surface area contributed by atoms with Crippen LogP contribution >= 0.6 is 27.5 Å². The highest BCUT2D eigenvalue weighted by Crippen LogP contribution is 2.19. The van der Waals surface area contributed by atoms with Crippen LogP contribution in [0.1, 0.15) is 38.3 Å². The molecule has 1 atom stereocenters. The first-order valence-electron chi connectivity index (χ1n) is 9.35. The summed E-state index contributed by atoms with van der Waals surface area (Å²) >= 11 is 9.67. The van der Waals surface area contributed by atoms with Crippen LogP contribution in [-0.4, -0.2) is 28.8 Å². The van der Waals surface area contributed by atoms with Crippen LogP contribution in [0.3, 0.4) is 0 Å². The van der Waals surface area contributed by atoms with Crippen molar-refractivity contribution in [2.24, 2.45) is 0 Å². The van der Waals surface area contributed by atoms with Crippen LogP contribution in [0.2, 0.25) is 5.02 Å². The Morgan fingerprint density at radius 1 is 1.11 bits per heavy atom. The van der Waals surface area contributed by atoms with E-state index in [9.17, 15) is 9.59 Å². The molecular formula is C22H26BrClN2O2. The lowest BCUT2D eigenvalue weighted by Crippen LogP contribution is -2.49. The van der Waals surface area contributed by atoms with E-state index in [1.807, 2.05) is 62.4 Å². The number of aryl methyl sites for hydroxylation is 1. The SMILES string of the molecule is CC(C)NC(=O)[C@H](C)N(Cc1cccc(Br)c1)C(=O)CCc1ccccc1Cl. The van der Waals surface area contributed by atoms with Crippen LogP contribution < -0.4 is 5.32 Å². The summed E-state index contributed by atoms with van der Waals surface area (Å²) in [5.41, 5.74) is 1.89. The Hall–Kier alpha value is -1.85. The van der Waals surface area contributed by atoms with Gasteiger partial charge in [0.1, 0.15) is 6.04 Å². The van der Waals surface area contributed by atoms with Gasteiger partial charge in [0.25, 0.3) is 0 Å². The van der Waals surface area contributed by atoms with Gasteiger partial charge in [-0.05, 0) is 56.5 Å². The molecular weight excluding hydrogens is 440 g/mol. The second-order valence-corrected chi connectivity index (χ2v) is 8.41. The first-order valence-corrected chi connectivity index (χ1v) is 10.5. The molecule has 2 amide bonds. The topological polar surface area (TPSA) is 49.4 Å². The van der Waals surface area contributed by atoms with Crippen LogP contribution in [-0.2, 0) is 22.6 Å². The number of hydrogen-bond acceptors (Lipinski definition) is 2. The molecule has 0 saturated carbocycles. The van der Waals surface area contributed by atoms with Gasteiger partial charge in [-0.15, -0.1) is 0 Å². The number of nitrogens with one attached hydrogen (secondary N) is 1. The fraction of sp³-hybridized carbons (Fsp3) is 0.364. The van der Waals surface area contributed by atoms with Crippen LogP contribution in [0.15, 0.2) is 53.0 Å². The van der Waals surface area contributed by atoms with Gasteiger partial charge >= 0.3 is 0 Å². The zero-order valence-electron chi connectivity index (χ0n) is 16.4. The minimum Gasteiger partial charge on any atom is -0.352 e. The normalized spacial score (nSPS) is 11.9. The molecule has 0 saturated heterocycles. The van der Waals surface area contributed by atoms with Crippen molar-refractivity contribution in [3.8, 4) is 0 Å². The smallest absolute Gasteiger partial charge is 0.242 e. The molecule has 0 aliphatic heterocycles. The second kappa shape index (κ2) is 10.6. The summed E-state index contributed by atoms with van der Waals surface area (Å²) in [7, 11) is 0. The highest BCUT2D eigenvalue weighted by Gasteiger charge is 2.26. The maximum absolute atomic E-state index is 13.0. The zero-order valence-corrected chi connectivity index (χ0v) is 18.8. The molecule has 28 heavy (non-hydrogen) atoms. The van der Waals surface area contributed by atoms with Crippen molar-refractivity contribution < 1.29 is 9.59 Å². The standard InChI is InChI=1S/C22H26BrClN2O2/c1-15(2)25-22(28)16(3)26(14-17-7-6-9-19(23)13-17)21(27)12-11-18-8-4-5-10-20(18)24/h4-10,13,15-16H,11-12,14H2,1-3H3,(H,25,28)/t16-/m0/s1. The van der Waals surface area contributed by atoms with Gasteiger partial charge in [-0.25, -0.2) is 0 Å². The third kappa shape index (κ3) is 6.64. The van der Waals surface area contributed by atoms with Gasteiger partial charge in [-0.2, -0.15) is 0 Å². The number of nitrogens with zero attached hydrogens (tertiary/aromatic N) is 1. The molecule has 0 spiro atoms. The molecule has 0 unspecified atom stereocenters. The van der Waals surface area contributed by atoms with Gasteiger partial charge in [0.05, 0.1) is 0 Å². The van der Waals surface area contributed by atoms with Crippen molar-refractivity contribution in [1.29, 1.82) is 0 Å². The van der Waals surface area contributed by atoms with Gasteiger partial charge < -0.3 is 10.2 Å². The molecule has 2 aromatic rings. The molecule has 0 fully saturated rings. The first-order chi connectivity index (χ1) is 13.3. The number of hydrogen-bond donors (Lipinski definition) is 1. The molecule has 4 nitrogen and oxygen atoms in total. The van der Waals surface area contributed by atoms with Gasteiger partial charge in [0.2, 0.25) is 11.8 Å². The van der Waals surface area contributed by atoms with Gasteiger partial charge in [0.15, 0.2) is 0 Å². The van der Waals surface area contributed by atoms with Crippen LogP contribution in [0.5, 0.6) is 0 Å². The van der Waals surface area contributed by atoms with Gasteiger partial charge in [0, 0.05) is 28.5 Å². The average molecular weight is 466 g/mol. The van der Waals surface area contributed by atoms with E-state index in [4.69, 9.17) is 11.6 Å². The van der Waals surface area contributed by atoms with E-state index in [1.54, 1.807) is 11.8 Å². The van der Waals surface area contributed by atoms with E-state index in [1.165, 1.54) is 0 Å². The lowest BCUT2D eigenvalue weighted by atomic mass is 10.1. The van der Waals surface area contributed by atoms with Crippen molar-refractivity contribution >= 4 is 39.3 Å². The molecule has 0 heterocycles. The minimum atomic E-state index is -0.569. The Balaban J connectivity index is 2.17. The molecule has 6 heteroatoms. The van der Waals surface area contributed by atoms with Crippen LogP contribution in [0.4, 0.5) is 0 Å². The summed E-state index contributed by atoms with van der Waals surface area (Å²) in [6.45, 7) is 5.95. The number of benzene rings is 2. The Morgan fingerprint density at radius 3 is 2.46 bits per heavy atom. The van der Waals surface area contributed by atoms with E-state index in [0.29, 0.717) is 18.0 Å². The summed E-state index contributed by atoms with van der Waals surface area (Å²) in [5, 5.41) is 3.55. The van der Waals surface area contributed by atoms with Crippen LogP contribution in [0.25, 0.3) is 0 Å². The maximum atomic E-state index is 13.0. The van der Waals surface area contributed by atoms with Crippen molar-refractivity contribution in [3.05, 3.63) is 69.2 Å². The van der Waals surface area contributed by atoms with E-state index in [0.717, 1.165) is 15.6 Å². The van der Waals surface area contributed by atoms with Crippen molar-refractivity contribution in [3.63, 3.8) is 0 Å². The monoisotopic (exact) mass is 464 g/mol. The number of carbonyl (C=O) groups excluding carboxylic acids is 2. The first kappa shape index (κ1) is 22.4. The number of halogens is 2. The summed E-state index contributed by atoms with van der Waals surface area (Å²) in [6, 6.07) is 14.7. The highest BCUT2D eigenvalue weighted by atomic mass is 79.9. The Bertz CT molecular complexity index is 826. The maximum Gasteiger partial charge on any atom is 0.242 e. The lowest BCUT2D eigenvalue weighted by Gasteiger charge is -2.29. The third-order valence-corrected chi connectivity index (χ3v) is 5.27. The predicted octanol–water partition coefficient (Wildman–Crippen LogP) is 4.98. The minimum absolute atomic E-state index is 0.0147.